The van der Waals surface area contributed by atoms with E-state index in [1.807, 2.05) is 0 Å². The van der Waals surface area contributed by atoms with Gasteiger partial charge in [0.05, 0.1) is 0 Å². The summed E-state index contributed by atoms with van der Waals surface area (Å²) < 4.78 is 0. The molecule has 3 heteroatoms. The zero-order valence-electron chi connectivity index (χ0n) is 11.0. The van der Waals surface area contributed by atoms with Crippen LogP contribution in [-0.2, 0) is 11.8 Å². The Morgan fingerprint density at radius 1 is 1.11 bits per heavy atom. The van der Waals surface area contributed by atoms with Crippen LogP contribution < -0.4 is 0 Å². The number of halogens is 2. The van der Waals surface area contributed by atoms with Crippen LogP contribution in [0.3, 0.4) is 0 Å². The Kier molecular flexibility index (Phi) is 5.67. The monoisotopic (exact) mass is 400 g/mol. The Bertz CT molecular complexity index is 501. The van der Waals surface area contributed by atoms with Crippen LogP contribution in [-0.4, -0.2) is 10.7 Å². The number of aryl methyl sites for hydroxylation is 2. The lowest BCUT2D eigenvalue weighted by Crippen LogP contribution is -2.31. The molecule has 102 valence electrons. The Morgan fingerprint density at radius 2 is 1.84 bits per heavy atom. The SMILES string of the molecule is Cc1ccccc1C(CBr)(CBr)CCc1ccsc1. The van der Waals surface area contributed by atoms with Gasteiger partial charge in [0, 0.05) is 16.1 Å². The number of alkyl halides is 2. The minimum Gasteiger partial charge on any atom is -0.152 e. The van der Waals surface area contributed by atoms with Crippen LogP contribution in [0.5, 0.6) is 0 Å². The summed E-state index contributed by atoms with van der Waals surface area (Å²) in [7, 11) is 0. The first-order valence-corrected chi connectivity index (χ1v) is 9.59. The van der Waals surface area contributed by atoms with Gasteiger partial charge in [-0.3, -0.25) is 0 Å². The standard InChI is InChI=1S/C16H18Br2S/c1-13-4-2-3-5-15(13)16(11-17,12-18)8-6-14-7-9-19-10-14/h2-5,7,9-10H,6,8,11-12H2,1H3. The van der Waals surface area contributed by atoms with Crippen LogP contribution in [0.25, 0.3) is 0 Å². The molecule has 0 aliphatic rings. The molecule has 0 amide bonds. The molecule has 1 aromatic carbocycles. The molecule has 0 nitrogen and oxygen atoms in total. The van der Waals surface area contributed by atoms with Crippen molar-refractivity contribution in [3.8, 4) is 0 Å². The second-order valence-electron chi connectivity index (χ2n) is 4.99. The molecule has 19 heavy (non-hydrogen) atoms. The number of hydrogen-bond acceptors (Lipinski definition) is 1. The zero-order valence-corrected chi connectivity index (χ0v) is 15.0. The third kappa shape index (κ3) is 3.50. The lowest BCUT2D eigenvalue weighted by molar-refractivity contribution is 0.503. The van der Waals surface area contributed by atoms with Crippen molar-refractivity contribution in [2.45, 2.75) is 25.2 Å². The maximum atomic E-state index is 3.74. The highest BCUT2D eigenvalue weighted by molar-refractivity contribution is 9.09. The largest absolute Gasteiger partial charge is 0.152 e. The van der Waals surface area contributed by atoms with E-state index in [0.29, 0.717) is 0 Å². The van der Waals surface area contributed by atoms with Crippen LogP contribution in [0.1, 0.15) is 23.1 Å². The molecular weight excluding hydrogens is 384 g/mol. The van der Waals surface area contributed by atoms with Crippen LogP contribution in [0, 0.1) is 6.92 Å². The summed E-state index contributed by atoms with van der Waals surface area (Å²) in [5, 5.41) is 6.39. The van der Waals surface area contributed by atoms with E-state index in [-0.39, 0.29) is 5.41 Å². The highest BCUT2D eigenvalue weighted by Gasteiger charge is 2.31. The van der Waals surface area contributed by atoms with Crippen LogP contribution >= 0.6 is 43.2 Å². The van der Waals surface area contributed by atoms with Crippen molar-refractivity contribution in [1.29, 1.82) is 0 Å². The summed E-state index contributed by atoms with van der Waals surface area (Å²) in [6, 6.07) is 11.0. The molecular formula is C16H18Br2S. The van der Waals surface area contributed by atoms with Crippen LogP contribution in [0.15, 0.2) is 41.1 Å². The quantitative estimate of drug-likeness (QED) is 0.543. The van der Waals surface area contributed by atoms with Gasteiger partial charge in [0.2, 0.25) is 0 Å². The van der Waals surface area contributed by atoms with Crippen molar-refractivity contribution in [2.75, 3.05) is 10.7 Å². The van der Waals surface area contributed by atoms with Gasteiger partial charge in [0.25, 0.3) is 0 Å². The number of rotatable bonds is 6. The van der Waals surface area contributed by atoms with Gasteiger partial charge in [-0.2, -0.15) is 11.3 Å². The second-order valence-corrected chi connectivity index (χ2v) is 6.90. The minimum absolute atomic E-state index is 0.174. The number of thiophene rings is 1. The molecule has 0 bridgehead atoms. The smallest absolute Gasteiger partial charge is 0.0152 e. The first-order chi connectivity index (χ1) is 9.22. The Hall–Kier alpha value is -0.120. The number of benzene rings is 1. The van der Waals surface area contributed by atoms with Crippen molar-refractivity contribution in [3.05, 3.63) is 57.8 Å². The van der Waals surface area contributed by atoms with Gasteiger partial charge in [0.15, 0.2) is 0 Å². The molecule has 0 unspecified atom stereocenters. The molecule has 0 saturated heterocycles. The summed E-state index contributed by atoms with van der Waals surface area (Å²) in [4.78, 5) is 0. The van der Waals surface area contributed by atoms with Crippen LogP contribution in [0.4, 0.5) is 0 Å². The first kappa shape index (κ1) is 15.3. The fourth-order valence-electron chi connectivity index (χ4n) is 2.43. The van der Waals surface area contributed by atoms with Gasteiger partial charge in [-0.25, -0.2) is 0 Å². The van der Waals surface area contributed by atoms with Gasteiger partial charge in [0.1, 0.15) is 0 Å². The summed E-state index contributed by atoms with van der Waals surface area (Å²) in [5.74, 6) is 0. The van der Waals surface area contributed by atoms with E-state index in [0.717, 1.165) is 23.5 Å². The highest BCUT2D eigenvalue weighted by atomic mass is 79.9. The fraction of sp³-hybridized carbons (Fsp3) is 0.375. The Labute approximate surface area is 136 Å². The van der Waals surface area contributed by atoms with Crippen molar-refractivity contribution in [2.24, 2.45) is 0 Å². The summed E-state index contributed by atoms with van der Waals surface area (Å²) in [5.41, 5.74) is 4.46. The molecule has 2 rings (SSSR count). The van der Waals surface area contributed by atoms with E-state index in [1.165, 1.54) is 16.7 Å². The van der Waals surface area contributed by atoms with Crippen molar-refractivity contribution in [3.63, 3.8) is 0 Å². The third-order valence-corrected chi connectivity index (χ3v) is 6.58. The van der Waals surface area contributed by atoms with Gasteiger partial charge in [-0.15, -0.1) is 0 Å². The van der Waals surface area contributed by atoms with E-state index in [9.17, 15) is 0 Å². The van der Waals surface area contributed by atoms with Gasteiger partial charge >= 0.3 is 0 Å². The molecule has 0 saturated carbocycles. The summed E-state index contributed by atoms with van der Waals surface area (Å²) in [6.45, 7) is 2.21. The van der Waals surface area contributed by atoms with E-state index >= 15 is 0 Å². The van der Waals surface area contributed by atoms with Gasteiger partial charge < -0.3 is 0 Å². The average Bonchev–Trinajstić information content (AvgIpc) is 2.95. The third-order valence-electron chi connectivity index (χ3n) is 3.70. The molecule has 0 aliphatic carbocycles. The lowest BCUT2D eigenvalue weighted by Gasteiger charge is -2.32. The fourth-order valence-corrected chi connectivity index (χ4v) is 5.23. The van der Waals surface area contributed by atoms with E-state index < -0.39 is 0 Å². The van der Waals surface area contributed by atoms with Crippen molar-refractivity contribution in [1.82, 2.24) is 0 Å². The average molecular weight is 402 g/mol. The summed E-state index contributed by atoms with van der Waals surface area (Å²) >= 11 is 9.26. The molecule has 0 radical (unpaired) electrons. The summed E-state index contributed by atoms with van der Waals surface area (Å²) in [6.07, 6.45) is 2.29. The molecule has 2 aromatic rings. The van der Waals surface area contributed by atoms with Crippen molar-refractivity contribution >= 4 is 43.2 Å². The molecule has 0 fully saturated rings. The van der Waals surface area contributed by atoms with E-state index in [4.69, 9.17) is 0 Å². The second kappa shape index (κ2) is 7.05. The van der Waals surface area contributed by atoms with E-state index in [1.54, 1.807) is 11.3 Å². The normalized spacial score (nSPS) is 11.7. The molecule has 0 spiro atoms. The van der Waals surface area contributed by atoms with E-state index in [2.05, 4.69) is 79.9 Å². The lowest BCUT2D eigenvalue weighted by atomic mass is 9.78. The predicted octanol–water partition coefficient (Wildman–Crippen LogP) is 5.72. The van der Waals surface area contributed by atoms with Gasteiger partial charge in [-0.05, 0) is 53.3 Å². The number of hydrogen-bond donors (Lipinski definition) is 0. The first-order valence-electron chi connectivity index (χ1n) is 6.41. The van der Waals surface area contributed by atoms with Gasteiger partial charge in [-0.1, -0.05) is 56.1 Å². The van der Waals surface area contributed by atoms with Crippen LogP contribution in [0.2, 0.25) is 0 Å². The molecule has 1 heterocycles. The molecule has 0 N–H and O–H groups in total. The highest BCUT2D eigenvalue weighted by Crippen LogP contribution is 2.35. The Balaban J connectivity index is 2.24. The zero-order chi connectivity index (χ0) is 13.7. The van der Waals surface area contributed by atoms with Crippen molar-refractivity contribution < 1.29 is 0 Å². The molecule has 0 aliphatic heterocycles. The minimum atomic E-state index is 0.174. The topological polar surface area (TPSA) is 0 Å². The molecule has 0 atom stereocenters. The maximum Gasteiger partial charge on any atom is 0.0152 e. The Morgan fingerprint density at radius 3 is 2.42 bits per heavy atom. The maximum absolute atomic E-state index is 3.74. The molecule has 1 aromatic heterocycles. The predicted molar refractivity (Wildman–Crippen MR) is 93.1 cm³/mol.